The second-order valence-electron chi connectivity index (χ2n) is 4.47. The molecule has 1 aliphatic carbocycles. The number of nitrogens with zero attached hydrogens (tertiary/aromatic N) is 2. The highest BCUT2D eigenvalue weighted by Gasteiger charge is 2.28. The lowest BCUT2D eigenvalue weighted by molar-refractivity contribution is 0.305. The van der Waals surface area contributed by atoms with E-state index in [0.717, 1.165) is 18.8 Å². The van der Waals surface area contributed by atoms with E-state index in [4.69, 9.17) is 10.5 Å². The molecule has 0 saturated heterocycles. The van der Waals surface area contributed by atoms with Crippen LogP contribution in [0.15, 0.2) is 12.4 Å². The van der Waals surface area contributed by atoms with Crippen LogP contribution in [0.3, 0.4) is 0 Å². The molecule has 17 heavy (non-hydrogen) atoms. The second-order valence-corrected chi connectivity index (χ2v) is 4.47. The average Bonchev–Trinajstić information content (AvgIpc) is 3.18. The summed E-state index contributed by atoms with van der Waals surface area (Å²) in [6.07, 6.45) is 5.00. The van der Waals surface area contributed by atoms with E-state index in [0.29, 0.717) is 18.4 Å². The van der Waals surface area contributed by atoms with E-state index in [1.165, 1.54) is 19.2 Å². The number of anilines is 1. The van der Waals surface area contributed by atoms with Crippen molar-refractivity contribution in [2.45, 2.75) is 32.2 Å². The van der Waals surface area contributed by atoms with Crippen LogP contribution in [-0.2, 0) is 0 Å². The Bertz CT molecular complexity index is 354. The van der Waals surface area contributed by atoms with Crippen LogP contribution >= 0.6 is 0 Å². The molecule has 1 saturated carbocycles. The largest absolute Gasteiger partial charge is 0.478 e. The molecule has 5 nitrogen and oxygen atoms in total. The van der Waals surface area contributed by atoms with Gasteiger partial charge in [0.15, 0.2) is 0 Å². The standard InChI is InChI=1S/C12H20N4O/c1-2-5-17-12-6-11(15-8-16-12)14-7-10(13)9-3-4-9/h6,8-10H,2-5,7,13H2,1H3,(H,14,15,16). The van der Waals surface area contributed by atoms with Crippen LogP contribution in [0.5, 0.6) is 5.88 Å². The Kier molecular flexibility index (Phi) is 4.14. The molecular formula is C12H20N4O. The molecule has 1 heterocycles. The Morgan fingerprint density at radius 1 is 1.53 bits per heavy atom. The third kappa shape index (κ3) is 3.85. The van der Waals surface area contributed by atoms with Gasteiger partial charge < -0.3 is 15.8 Å². The highest BCUT2D eigenvalue weighted by molar-refractivity contribution is 5.37. The van der Waals surface area contributed by atoms with Gasteiger partial charge >= 0.3 is 0 Å². The van der Waals surface area contributed by atoms with Gasteiger partial charge in [-0.15, -0.1) is 0 Å². The minimum Gasteiger partial charge on any atom is -0.478 e. The molecule has 3 N–H and O–H groups in total. The highest BCUT2D eigenvalue weighted by Crippen LogP contribution is 2.31. The van der Waals surface area contributed by atoms with Gasteiger partial charge in [0.05, 0.1) is 6.61 Å². The summed E-state index contributed by atoms with van der Waals surface area (Å²) in [5.74, 6) is 2.09. The van der Waals surface area contributed by atoms with Gasteiger partial charge in [0.1, 0.15) is 12.1 Å². The predicted octanol–water partition coefficient (Wildman–Crippen LogP) is 1.41. The van der Waals surface area contributed by atoms with Gasteiger partial charge in [-0.25, -0.2) is 9.97 Å². The monoisotopic (exact) mass is 236 g/mol. The first kappa shape index (κ1) is 12.1. The van der Waals surface area contributed by atoms with Crippen molar-refractivity contribution in [2.24, 2.45) is 11.7 Å². The maximum absolute atomic E-state index is 6.01. The zero-order valence-corrected chi connectivity index (χ0v) is 10.2. The topological polar surface area (TPSA) is 73.1 Å². The van der Waals surface area contributed by atoms with Gasteiger partial charge in [0.2, 0.25) is 5.88 Å². The number of rotatable bonds is 7. The maximum atomic E-state index is 6.01. The number of hydrogen-bond acceptors (Lipinski definition) is 5. The van der Waals surface area contributed by atoms with Gasteiger partial charge in [-0.1, -0.05) is 6.92 Å². The molecule has 0 aliphatic heterocycles. The molecule has 1 aromatic rings. The molecule has 1 aromatic heterocycles. The Balaban J connectivity index is 1.82. The first-order valence-electron chi connectivity index (χ1n) is 6.24. The molecular weight excluding hydrogens is 216 g/mol. The van der Waals surface area contributed by atoms with E-state index in [1.807, 2.05) is 6.07 Å². The van der Waals surface area contributed by atoms with Crippen molar-refractivity contribution in [3.63, 3.8) is 0 Å². The normalized spacial score (nSPS) is 16.6. The van der Waals surface area contributed by atoms with E-state index in [9.17, 15) is 0 Å². The van der Waals surface area contributed by atoms with E-state index < -0.39 is 0 Å². The fraction of sp³-hybridized carbons (Fsp3) is 0.667. The first-order chi connectivity index (χ1) is 8.29. The number of nitrogens with two attached hydrogens (primary N) is 1. The molecule has 1 fully saturated rings. The van der Waals surface area contributed by atoms with Crippen LogP contribution < -0.4 is 15.8 Å². The molecule has 0 bridgehead atoms. The summed E-state index contributed by atoms with van der Waals surface area (Å²) in [6, 6.07) is 2.04. The zero-order valence-electron chi connectivity index (χ0n) is 10.2. The number of hydrogen-bond donors (Lipinski definition) is 2. The van der Waals surface area contributed by atoms with E-state index in [-0.39, 0.29) is 6.04 Å². The van der Waals surface area contributed by atoms with Gasteiger partial charge in [-0.2, -0.15) is 0 Å². The van der Waals surface area contributed by atoms with Crippen molar-refractivity contribution in [1.29, 1.82) is 0 Å². The quantitative estimate of drug-likeness (QED) is 0.749. The molecule has 5 heteroatoms. The Morgan fingerprint density at radius 3 is 3.06 bits per heavy atom. The fourth-order valence-corrected chi connectivity index (χ4v) is 1.64. The van der Waals surface area contributed by atoms with E-state index in [2.05, 4.69) is 22.2 Å². The summed E-state index contributed by atoms with van der Waals surface area (Å²) in [4.78, 5) is 8.19. The Labute approximate surface area is 102 Å². The lowest BCUT2D eigenvalue weighted by Gasteiger charge is -2.12. The van der Waals surface area contributed by atoms with Gasteiger partial charge in [0.25, 0.3) is 0 Å². The lowest BCUT2D eigenvalue weighted by atomic mass is 10.2. The number of ether oxygens (including phenoxy) is 1. The highest BCUT2D eigenvalue weighted by atomic mass is 16.5. The van der Waals surface area contributed by atoms with Crippen molar-refractivity contribution in [1.82, 2.24) is 9.97 Å². The third-order valence-electron chi connectivity index (χ3n) is 2.84. The summed E-state index contributed by atoms with van der Waals surface area (Å²) in [7, 11) is 0. The fourth-order valence-electron chi connectivity index (χ4n) is 1.64. The van der Waals surface area contributed by atoms with Crippen molar-refractivity contribution in [3.8, 4) is 5.88 Å². The molecule has 0 aromatic carbocycles. The molecule has 1 aliphatic rings. The first-order valence-corrected chi connectivity index (χ1v) is 6.24. The molecule has 1 atom stereocenters. The van der Waals surface area contributed by atoms with Crippen LogP contribution in [-0.4, -0.2) is 29.2 Å². The van der Waals surface area contributed by atoms with Gasteiger partial charge in [0, 0.05) is 18.7 Å². The SMILES string of the molecule is CCCOc1cc(NCC(N)C2CC2)ncn1. The summed E-state index contributed by atoms with van der Waals surface area (Å²) < 4.78 is 5.44. The number of aromatic nitrogens is 2. The van der Waals surface area contributed by atoms with Crippen LogP contribution in [0.25, 0.3) is 0 Å². The molecule has 94 valence electrons. The van der Waals surface area contributed by atoms with Crippen molar-refractivity contribution >= 4 is 5.82 Å². The van der Waals surface area contributed by atoms with E-state index in [1.54, 1.807) is 0 Å². The van der Waals surface area contributed by atoms with Crippen molar-refractivity contribution in [3.05, 3.63) is 12.4 Å². The van der Waals surface area contributed by atoms with Crippen LogP contribution in [0.1, 0.15) is 26.2 Å². The predicted molar refractivity (Wildman–Crippen MR) is 67.0 cm³/mol. The molecule has 2 rings (SSSR count). The lowest BCUT2D eigenvalue weighted by Crippen LogP contribution is -2.31. The van der Waals surface area contributed by atoms with Crippen molar-refractivity contribution < 1.29 is 4.74 Å². The van der Waals surface area contributed by atoms with Gasteiger partial charge in [-0.05, 0) is 25.2 Å². The summed E-state index contributed by atoms with van der Waals surface area (Å²) >= 11 is 0. The third-order valence-corrected chi connectivity index (χ3v) is 2.84. The number of nitrogens with one attached hydrogen (secondary N) is 1. The summed E-state index contributed by atoms with van der Waals surface area (Å²) in [5.41, 5.74) is 6.01. The van der Waals surface area contributed by atoms with E-state index >= 15 is 0 Å². The Hall–Kier alpha value is -1.36. The Morgan fingerprint density at radius 2 is 2.35 bits per heavy atom. The minimum absolute atomic E-state index is 0.227. The molecule has 1 unspecified atom stereocenters. The maximum Gasteiger partial charge on any atom is 0.218 e. The van der Waals surface area contributed by atoms with Crippen LogP contribution in [0.4, 0.5) is 5.82 Å². The van der Waals surface area contributed by atoms with Crippen LogP contribution in [0.2, 0.25) is 0 Å². The van der Waals surface area contributed by atoms with Crippen LogP contribution in [0, 0.1) is 5.92 Å². The smallest absolute Gasteiger partial charge is 0.218 e. The second kappa shape index (κ2) is 5.82. The summed E-state index contributed by atoms with van der Waals surface area (Å²) in [6.45, 7) is 3.50. The zero-order chi connectivity index (χ0) is 12.1. The molecule has 0 radical (unpaired) electrons. The van der Waals surface area contributed by atoms with Gasteiger partial charge in [-0.3, -0.25) is 0 Å². The molecule has 0 spiro atoms. The minimum atomic E-state index is 0.227. The summed E-state index contributed by atoms with van der Waals surface area (Å²) in [5, 5.41) is 3.23. The van der Waals surface area contributed by atoms with Crippen molar-refractivity contribution in [2.75, 3.05) is 18.5 Å². The average molecular weight is 236 g/mol. The molecule has 0 amide bonds.